The predicted octanol–water partition coefficient (Wildman–Crippen LogP) is 4.97. The molecule has 1 N–H and O–H groups in total. The van der Waals surface area contributed by atoms with Crippen molar-refractivity contribution in [3.8, 4) is 5.75 Å². The first-order valence-corrected chi connectivity index (χ1v) is 7.62. The highest BCUT2D eigenvalue weighted by Crippen LogP contribution is 2.42. The van der Waals surface area contributed by atoms with Crippen LogP contribution in [0.2, 0.25) is 5.02 Å². The summed E-state index contributed by atoms with van der Waals surface area (Å²) in [7, 11) is 0. The predicted molar refractivity (Wildman–Crippen MR) is 83.3 cm³/mol. The van der Waals surface area contributed by atoms with Crippen LogP contribution in [-0.2, 0) is 0 Å². The lowest BCUT2D eigenvalue weighted by Crippen LogP contribution is -2.19. The van der Waals surface area contributed by atoms with Crippen molar-refractivity contribution < 1.29 is 9.84 Å². The number of aliphatic hydroxyl groups is 1. The molecule has 2 atom stereocenters. The van der Waals surface area contributed by atoms with Crippen molar-refractivity contribution in [2.24, 2.45) is 0 Å². The molecule has 3 rings (SSSR count). The standard InChI is InChI=1S/C16H14BrClO2/c1-9-6-10(2-4-13(9)17)16-8-14(19)12-7-11(18)3-5-15(12)20-16/h2-7,14,16,19H,8H2,1H3/t14-,16?/m0/s1. The van der Waals surface area contributed by atoms with Gasteiger partial charge in [-0.1, -0.05) is 39.7 Å². The molecule has 2 aromatic rings. The molecule has 104 valence electrons. The number of halogens is 2. The molecule has 0 spiro atoms. The van der Waals surface area contributed by atoms with Crippen LogP contribution < -0.4 is 4.74 Å². The van der Waals surface area contributed by atoms with E-state index >= 15 is 0 Å². The van der Waals surface area contributed by atoms with Crippen LogP contribution >= 0.6 is 27.5 Å². The molecule has 0 aromatic heterocycles. The first-order chi connectivity index (χ1) is 9.54. The van der Waals surface area contributed by atoms with Crippen LogP contribution in [-0.4, -0.2) is 5.11 Å². The van der Waals surface area contributed by atoms with Gasteiger partial charge in [-0.05, 0) is 42.3 Å². The number of fused-ring (bicyclic) bond motifs is 1. The van der Waals surface area contributed by atoms with Gasteiger partial charge in [-0.3, -0.25) is 0 Å². The molecule has 2 nitrogen and oxygen atoms in total. The largest absolute Gasteiger partial charge is 0.485 e. The minimum Gasteiger partial charge on any atom is -0.485 e. The summed E-state index contributed by atoms with van der Waals surface area (Å²) in [6.45, 7) is 2.04. The van der Waals surface area contributed by atoms with Crippen LogP contribution in [0.25, 0.3) is 0 Å². The monoisotopic (exact) mass is 352 g/mol. The summed E-state index contributed by atoms with van der Waals surface area (Å²) >= 11 is 9.46. The van der Waals surface area contributed by atoms with Crippen molar-refractivity contribution in [1.82, 2.24) is 0 Å². The quantitative estimate of drug-likeness (QED) is 0.784. The molecular weight excluding hydrogens is 340 g/mol. The number of rotatable bonds is 1. The summed E-state index contributed by atoms with van der Waals surface area (Å²) in [5.74, 6) is 0.707. The Balaban J connectivity index is 1.94. The van der Waals surface area contributed by atoms with Crippen LogP contribution in [0.4, 0.5) is 0 Å². The Morgan fingerprint density at radius 3 is 2.80 bits per heavy atom. The number of aliphatic hydroxyl groups excluding tert-OH is 1. The second-order valence-corrected chi connectivity index (χ2v) is 6.34. The summed E-state index contributed by atoms with van der Waals surface area (Å²) < 4.78 is 7.08. The molecule has 1 aliphatic rings. The van der Waals surface area contributed by atoms with Crippen molar-refractivity contribution in [3.63, 3.8) is 0 Å². The summed E-state index contributed by atoms with van der Waals surface area (Å²) in [5.41, 5.74) is 3.00. The van der Waals surface area contributed by atoms with Crippen LogP contribution in [0.15, 0.2) is 40.9 Å². The molecule has 1 heterocycles. The van der Waals surface area contributed by atoms with Crippen molar-refractivity contribution >= 4 is 27.5 Å². The average molecular weight is 354 g/mol. The molecule has 20 heavy (non-hydrogen) atoms. The Labute approximate surface area is 131 Å². The third-order valence-electron chi connectivity index (χ3n) is 3.59. The van der Waals surface area contributed by atoms with E-state index in [1.54, 1.807) is 12.1 Å². The fourth-order valence-corrected chi connectivity index (χ4v) is 2.92. The molecule has 1 aliphatic heterocycles. The minimum absolute atomic E-state index is 0.134. The second-order valence-electron chi connectivity index (χ2n) is 5.05. The van der Waals surface area contributed by atoms with Gasteiger partial charge in [0.25, 0.3) is 0 Å². The second kappa shape index (κ2) is 5.40. The third kappa shape index (κ3) is 2.58. The normalized spacial score (nSPS) is 21.2. The molecule has 0 fully saturated rings. The van der Waals surface area contributed by atoms with Crippen molar-refractivity contribution in [2.75, 3.05) is 0 Å². The van der Waals surface area contributed by atoms with E-state index in [1.807, 2.05) is 25.1 Å². The maximum absolute atomic E-state index is 10.3. The lowest BCUT2D eigenvalue weighted by Gasteiger charge is -2.30. The fraction of sp³-hybridized carbons (Fsp3) is 0.250. The Morgan fingerprint density at radius 2 is 2.05 bits per heavy atom. The fourth-order valence-electron chi connectivity index (χ4n) is 2.49. The van der Waals surface area contributed by atoms with Crippen LogP contribution in [0.5, 0.6) is 5.75 Å². The molecule has 0 radical (unpaired) electrons. The summed E-state index contributed by atoms with van der Waals surface area (Å²) in [4.78, 5) is 0. The number of hydrogen-bond donors (Lipinski definition) is 1. The van der Waals surface area contributed by atoms with E-state index in [2.05, 4.69) is 22.0 Å². The lowest BCUT2D eigenvalue weighted by molar-refractivity contribution is 0.0657. The van der Waals surface area contributed by atoms with E-state index in [0.29, 0.717) is 17.2 Å². The Kier molecular flexibility index (Phi) is 3.76. The smallest absolute Gasteiger partial charge is 0.127 e. The first kappa shape index (κ1) is 13.9. The van der Waals surface area contributed by atoms with Crippen LogP contribution in [0.3, 0.4) is 0 Å². The van der Waals surface area contributed by atoms with E-state index in [-0.39, 0.29) is 6.10 Å². The SMILES string of the molecule is Cc1cc(C2C[C@H](O)c3cc(Cl)ccc3O2)ccc1Br. The zero-order valence-corrected chi connectivity index (χ0v) is 13.3. The van der Waals surface area contributed by atoms with Gasteiger partial charge in [0.2, 0.25) is 0 Å². The Bertz CT molecular complexity index is 657. The Hall–Kier alpha value is -1.03. The molecular formula is C16H14BrClO2. The van der Waals surface area contributed by atoms with Gasteiger partial charge in [-0.15, -0.1) is 0 Å². The highest BCUT2D eigenvalue weighted by molar-refractivity contribution is 9.10. The maximum atomic E-state index is 10.3. The van der Waals surface area contributed by atoms with Gasteiger partial charge in [-0.2, -0.15) is 0 Å². The van der Waals surface area contributed by atoms with Gasteiger partial charge >= 0.3 is 0 Å². The van der Waals surface area contributed by atoms with Crippen molar-refractivity contribution in [1.29, 1.82) is 0 Å². The summed E-state index contributed by atoms with van der Waals surface area (Å²) in [6.07, 6.45) is -0.147. The molecule has 0 saturated heterocycles. The highest BCUT2D eigenvalue weighted by atomic mass is 79.9. The number of aryl methyl sites for hydroxylation is 1. The third-order valence-corrected chi connectivity index (χ3v) is 4.72. The molecule has 4 heteroatoms. The minimum atomic E-state index is -0.550. The van der Waals surface area contributed by atoms with Gasteiger partial charge in [-0.25, -0.2) is 0 Å². The topological polar surface area (TPSA) is 29.5 Å². The average Bonchev–Trinajstić information content (AvgIpc) is 2.42. The van der Waals surface area contributed by atoms with Gasteiger partial charge in [0.05, 0.1) is 6.10 Å². The molecule has 2 aromatic carbocycles. The van der Waals surface area contributed by atoms with Gasteiger partial charge in [0, 0.05) is 21.5 Å². The summed E-state index contributed by atoms with van der Waals surface area (Å²) in [6, 6.07) is 11.5. The van der Waals surface area contributed by atoms with E-state index in [9.17, 15) is 5.11 Å². The first-order valence-electron chi connectivity index (χ1n) is 6.45. The van der Waals surface area contributed by atoms with Crippen LogP contribution in [0, 0.1) is 6.92 Å². The molecule has 0 bridgehead atoms. The van der Waals surface area contributed by atoms with E-state index in [1.165, 1.54) is 0 Å². The molecule has 0 aliphatic carbocycles. The zero-order valence-electron chi connectivity index (χ0n) is 10.9. The maximum Gasteiger partial charge on any atom is 0.127 e. The molecule has 1 unspecified atom stereocenters. The zero-order chi connectivity index (χ0) is 14.3. The van der Waals surface area contributed by atoms with E-state index in [4.69, 9.17) is 16.3 Å². The molecule has 0 saturated carbocycles. The number of benzene rings is 2. The van der Waals surface area contributed by atoms with Crippen LogP contribution in [0.1, 0.15) is 35.3 Å². The lowest BCUT2D eigenvalue weighted by atomic mass is 9.94. The highest BCUT2D eigenvalue weighted by Gasteiger charge is 2.28. The van der Waals surface area contributed by atoms with E-state index < -0.39 is 6.10 Å². The van der Waals surface area contributed by atoms with Gasteiger partial charge in [0.15, 0.2) is 0 Å². The Morgan fingerprint density at radius 1 is 1.25 bits per heavy atom. The van der Waals surface area contributed by atoms with Gasteiger partial charge in [0.1, 0.15) is 11.9 Å². The van der Waals surface area contributed by atoms with Crippen molar-refractivity contribution in [2.45, 2.75) is 25.6 Å². The number of ether oxygens (including phenoxy) is 1. The van der Waals surface area contributed by atoms with E-state index in [0.717, 1.165) is 21.2 Å². The summed E-state index contributed by atoms with van der Waals surface area (Å²) in [5, 5.41) is 10.9. The van der Waals surface area contributed by atoms with Crippen molar-refractivity contribution in [3.05, 3.63) is 62.6 Å². The van der Waals surface area contributed by atoms with Gasteiger partial charge < -0.3 is 9.84 Å². The number of hydrogen-bond acceptors (Lipinski definition) is 2. The molecule has 0 amide bonds.